The van der Waals surface area contributed by atoms with Crippen molar-refractivity contribution in [2.24, 2.45) is 0 Å². The Hall–Kier alpha value is -2.09. The van der Waals surface area contributed by atoms with Crippen LogP contribution >= 0.6 is 0 Å². The molecule has 2 heteroatoms. The first kappa shape index (κ1) is 15.3. The van der Waals surface area contributed by atoms with Crippen LogP contribution in [0.3, 0.4) is 0 Å². The normalized spacial score (nSPS) is 11.4. The molecule has 0 aliphatic heterocycles. The number of aromatic carboxylic acids is 1. The van der Waals surface area contributed by atoms with Crippen LogP contribution in [0.1, 0.15) is 47.8 Å². The SMILES string of the molecule is CC(C)(C)c1c(CCc2ccccc2)cccc1C(=O)O. The van der Waals surface area contributed by atoms with Gasteiger partial charge in [0, 0.05) is 0 Å². The molecule has 0 saturated carbocycles. The van der Waals surface area contributed by atoms with Gasteiger partial charge in [0.15, 0.2) is 0 Å². The summed E-state index contributed by atoms with van der Waals surface area (Å²) in [5.41, 5.74) is 3.60. The number of carbonyl (C=O) groups is 1. The van der Waals surface area contributed by atoms with Crippen molar-refractivity contribution in [1.29, 1.82) is 0 Å². The van der Waals surface area contributed by atoms with Crippen molar-refractivity contribution in [1.82, 2.24) is 0 Å². The molecule has 0 amide bonds. The molecule has 2 rings (SSSR count). The lowest BCUT2D eigenvalue weighted by Crippen LogP contribution is -2.20. The molecule has 21 heavy (non-hydrogen) atoms. The number of carboxylic acid groups (broad SMARTS) is 1. The van der Waals surface area contributed by atoms with Gasteiger partial charge in [0.2, 0.25) is 0 Å². The van der Waals surface area contributed by atoms with Gasteiger partial charge in [-0.25, -0.2) is 4.79 Å². The van der Waals surface area contributed by atoms with Crippen LogP contribution in [0.2, 0.25) is 0 Å². The minimum atomic E-state index is -0.846. The summed E-state index contributed by atoms with van der Waals surface area (Å²) in [6.07, 6.45) is 1.78. The van der Waals surface area contributed by atoms with Crippen molar-refractivity contribution in [3.05, 3.63) is 70.8 Å². The molecule has 0 heterocycles. The van der Waals surface area contributed by atoms with Crippen molar-refractivity contribution < 1.29 is 9.90 Å². The molecular formula is C19H22O2. The number of hydrogen-bond donors (Lipinski definition) is 1. The lowest BCUT2D eigenvalue weighted by molar-refractivity contribution is 0.0694. The second-order valence-corrected chi connectivity index (χ2v) is 6.38. The summed E-state index contributed by atoms with van der Waals surface area (Å²) in [5.74, 6) is -0.846. The van der Waals surface area contributed by atoms with E-state index in [1.807, 2.05) is 24.3 Å². The molecule has 0 atom stereocenters. The molecule has 0 radical (unpaired) electrons. The Morgan fingerprint density at radius 1 is 0.952 bits per heavy atom. The van der Waals surface area contributed by atoms with Crippen LogP contribution in [0.4, 0.5) is 0 Å². The smallest absolute Gasteiger partial charge is 0.335 e. The lowest BCUT2D eigenvalue weighted by Gasteiger charge is -2.25. The van der Waals surface area contributed by atoms with E-state index in [0.29, 0.717) is 5.56 Å². The summed E-state index contributed by atoms with van der Waals surface area (Å²) in [6, 6.07) is 15.9. The molecule has 0 aromatic heterocycles. The molecule has 2 aromatic rings. The highest BCUT2D eigenvalue weighted by atomic mass is 16.4. The Balaban J connectivity index is 2.35. The monoisotopic (exact) mass is 282 g/mol. The highest BCUT2D eigenvalue weighted by molar-refractivity contribution is 5.90. The van der Waals surface area contributed by atoms with E-state index in [1.54, 1.807) is 6.07 Å². The van der Waals surface area contributed by atoms with E-state index >= 15 is 0 Å². The molecule has 0 bridgehead atoms. The van der Waals surface area contributed by atoms with Crippen LogP contribution in [0, 0.1) is 0 Å². The third-order valence-electron chi connectivity index (χ3n) is 3.66. The van der Waals surface area contributed by atoms with Crippen LogP contribution in [0.25, 0.3) is 0 Å². The predicted octanol–water partition coefficient (Wildman–Crippen LogP) is 4.47. The van der Waals surface area contributed by atoms with Crippen molar-refractivity contribution >= 4 is 5.97 Å². The zero-order chi connectivity index (χ0) is 15.5. The predicted molar refractivity (Wildman–Crippen MR) is 86.0 cm³/mol. The fraction of sp³-hybridized carbons (Fsp3) is 0.316. The Morgan fingerprint density at radius 2 is 1.62 bits per heavy atom. The van der Waals surface area contributed by atoms with Crippen LogP contribution in [0.5, 0.6) is 0 Å². The van der Waals surface area contributed by atoms with Gasteiger partial charge in [-0.15, -0.1) is 0 Å². The first-order valence-electron chi connectivity index (χ1n) is 7.29. The van der Waals surface area contributed by atoms with E-state index in [4.69, 9.17) is 0 Å². The van der Waals surface area contributed by atoms with Crippen LogP contribution in [0.15, 0.2) is 48.5 Å². The first-order valence-corrected chi connectivity index (χ1v) is 7.29. The summed E-state index contributed by atoms with van der Waals surface area (Å²) < 4.78 is 0. The largest absolute Gasteiger partial charge is 0.478 e. The van der Waals surface area contributed by atoms with E-state index in [-0.39, 0.29) is 5.41 Å². The average Bonchev–Trinajstić information content (AvgIpc) is 2.44. The number of hydrogen-bond acceptors (Lipinski definition) is 1. The third kappa shape index (κ3) is 3.72. The van der Waals surface area contributed by atoms with Gasteiger partial charge in [0.05, 0.1) is 5.56 Å². The third-order valence-corrected chi connectivity index (χ3v) is 3.66. The van der Waals surface area contributed by atoms with Gasteiger partial charge in [0.25, 0.3) is 0 Å². The molecule has 2 nitrogen and oxygen atoms in total. The minimum Gasteiger partial charge on any atom is -0.478 e. The Kier molecular flexibility index (Phi) is 4.46. The summed E-state index contributed by atoms with van der Waals surface area (Å²) in [7, 11) is 0. The summed E-state index contributed by atoms with van der Waals surface area (Å²) in [4.78, 5) is 11.5. The van der Waals surface area contributed by atoms with E-state index in [2.05, 4.69) is 39.0 Å². The molecule has 0 aliphatic rings. The van der Waals surface area contributed by atoms with Crippen molar-refractivity contribution in [3.63, 3.8) is 0 Å². The second-order valence-electron chi connectivity index (χ2n) is 6.38. The van der Waals surface area contributed by atoms with E-state index in [9.17, 15) is 9.90 Å². The summed E-state index contributed by atoms with van der Waals surface area (Å²) >= 11 is 0. The maximum Gasteiger partial charge on any atom is 0.335 e. The highest BCUT2D eigenvalue weighted by Crippen LogP contribution is 2.30. The Morgan fingerprint density at radius 3 is 2.19 bits per heavy atom. The average molecular weight is 282 g/mol. The fourth-order valence-electron chi connectivity index (χ4n) is 2.80. The van der Waals surface area contributed by atoms with Gasteiger partial charge in [-0.1, -0.05) is 63.2 Å². The zero-order valence-corrected chi connectivity index (χ0v) is 12.9. The lowest BCUT2D eigenvalue weighted by atomic mass is 9.79. The topological polar surface area (TPSA) is 37.3 Å². The van der Waals surface area contributed by atoms with Gasteiger partial charge in [0.1, 0.15) is 0 Å². The number of rotatable bonds is 4. The molecule has 0 aliphatic carbocycles. The van der Waals surface area contributed by atoms with E-state index in [1.165, 1.54) is 5.56 Å². The summed E-state index contributed by atoms with van der Waals surface area (Å²) in [5, 5.41) is 9.44. The number of carboxylic acids is 1. The molecule has 0 fully saturated rings. The number of aryl methyl sites for hydroxylation is 2. The molecular weight excluding hydrogens is 260 g/mol. The van der Waals surface area contributed by atoms with Crippen molar-refractivity contribution in [2.75, 3.05) is 0 Å². The van der Waals surface area contributed by atoms with Crippen LogP contribution in [-0.4, -0.2) is 11.1 Å². The maximum absolute atomic E-state index is 11.5. The van der Waals surface area contributed by atoms with Gasteiger partial charge in [-0.05, 0) is 41.0 Å². The first-order chi connectivity index (χ1) is 9.89. The Labute approximate surface area is 126 Å². The standard InChI is InChI=1S/C19H22O2/c1-19(2,3)17-15(10-7-11-16(17)18(20)21)13-12-14-8-5-4-6-9-14/h4-11H,12-13H2,1-3H3,(H,20,21). The molecule has 0 spiro atoms. The quantitative estimate of drug-likeness (QED) is 0.898. The number of benzene rings is 2. The van der Waals surface area contributed by atoms with E-state index < -0.39 is 5.97 Å². The van der Waals surface area contributed by atoms with Crippen LogP contribution in [-0.2, 0) is 18.3 Å². The molecule has 0 unspecified atom stereocenters. The van der Waals surface area contributed by atoms with Crippen molar-refractivity contribution in [3.8, 4) is 0 Å². The van der Waals surface area contributed by atoms with E-state index in [0.717, 1.165) is 24.0 Å². The van der Waals surface area contributed by atoms with Gasteiger partial charge < -0.3 is 5.11 Å². The fourth-order valence-corrected chi connectivity index (χ4v) is 2.80. The molecule has 0 saturated heterocycles. The zero-order valence-electron chi connectivity index (χ0n) is 12.9. The Bertz CT molecular complexity index is 622. The molecule has 2 aromatic carbocycles. The van der Waals surface area contributed by atoms with Gasteiger partial charge >= 0.3 is 5.97 Å². The second kappa shape index (κ2) is 6.13. The van der Waals surface area contributed by atoms with Gasteiger partial charge in [-0.3, -0.25) is 0 Å². The minimum absolute atomic E-state index is 0.180. The van der Waals surface area contributed by atoms with Crippen LogP contribution < -0.4 is 0 Å². The molecule has 1 N–H and O–H groups in total. The van der Waals surface area contributed by atoms with Crippen molar-refractivity contribution in [2.45, 2.75) is 39.0 Å². The summed E-state index contributed by atoms with van der Waals surface area (Å²) in [6.45, 7) is 6.21. The van der Waals surface area contributed by atoms with Gasteiger partial charge in [-0.2, -0.15) is 0 Å². The highest BCUT2D eigenvalue weighted by Gasteiger charge is 2.24. The maximum atomic E-state index is 11.5. The molecule has 110 valence electrons.